The minimum Gasteiger partial charge on any atom is -0.359 e. The summed E-state index contributed by atoms with van der Waals surface area (Å²) < 4.78 is 1.96. The molecule has 0 radical (unpaired) electrons. The molecule has 156 valence electrons. The molecule has 0 fully saturated rings. The molecule has 0 saturated heterocycles. The van der Waals surface area contributed by atoms with Gasteiger partial charge in [0.1, 0.15) is 5.52 Å². The average molecular weight is 413 g/mol. The van der Waals surface area contributed by atoms with E-state index in [-0.39, 0.29) is 11.8 Å². The van der Waals surface area contributed by atoms with Crippen LogP contribution in [-0.2, 0) is 17.8 Å². The third-order valence-electron chi connectivity index (χ3n) is 5.02. The lowest BCUT2D eigenvalue weighted by atomic mass is 10.1. The van der Waals surface area contributed by atoms with E-state index in [4.69, 9.17) is 0 Å². The molecule has 0 spiro atoms. The van der Waals surface area contributed by atoms with Gasteiger partial charge in [-0.1, -0.05) is 42.5 Å². The molecule has 31 heavy (non-hydrogen) atoms. The molecule has 7 nitrogen and oxygen atoms in total. The van der Waals surface area contributed by atoms with Crippen LogP contribution in [0.4, 0.5) is 5.69 Å². The number of hydrogen-bond donors (Lipinski definition) is 2. The predicted molar refractivity (Wildman–Crippen MR) is 120 cm³/mol. The van der Waals surface area contributed by atoms with Gasteiger partial charge in [-0.25, -0.2) is 9.97 Å². The normalized spacial score (nSPS) is 10.7. The fourth-order valence-corrected chi connectivity index (χ4v) is 3.36. The molecular formula is C24H23N5O2. The van der Waals surface area contributed by atoms with Gasteiger partial charge in [-0.15, -0.1) is 0 Å². The largest absolute Gasteiger partial charge is 0.359 e. The van der Waals surface area contributed by atoms with Crippen LogP contribution in [0.15, 0.2) is 73.2 Å². The van der Waals surface area contributed by atoms with E-state index in [2.05, 4.69) is 32.7 Å². The van der Waals surface area contributed by atoms with Crippen molar-refractivity contribution in [1.82, 2.24) is 19.9 Å². The molecular weight excluding hydrogens is 390 g/mol. The number of fused-ring (bicyclic) bond motifs is 1. The number of amides is 2. The second-order valence-corrected chi connectivity index (χ2v) is 7.25. The summed E-state index contributed by atoms with van der Waals surface area (Å²) in [6.45, 7) is 0.665. The number of aromatic nitrogens is 3. The van der Waals surface area contributed by atoms with Crippen LogP contribution in [0.1, 0.15) is 27.9 Å². The SMILES string of the molecule is CNC(=O)CCc1cccc(NC(=O)c2cnc3c(c2)ncn3Cc2ccccc2)c1. The minimum atomic E-state index is -0.254. The van der Waals surface area contributed by atoms with Gasteiger partial charge >= 0.3 is 0 Å². The molecule has 0 unspecified atom stereocenters. The Kier molecular flexibility index (Phi) is 6.03. The second kappa shape index (κ2) is 9.21. The molecule has 0 aliphatic heterocycles. The standard InChI is InChI=1S/C24H23N5O2/c1-25-22(30)11-10-17-8-5-9-20(12-17)28-24(31)19-13-21-23(26-14-19)29(16-27-21)15-18-6-3-2-4-7-18/h2-9,12-14,16H,10-11,15H2,1H3,(H,25,30)(H,28,31). The summed E-state index contributed by atoms with van der Waals surface area (Å²) in [5.41, 5.74) is 4.65. The zero-order chi connectivity index (χ0) is 21.6. The maximum atomic E-state index is 12.7. The summed E-state index contributed by atoms with van der Waals surface area (Å²) in [7, 11) is 1.62. The van der Waals surface area contributed by atoms with Gasteiger partial charge in [-0.3, -0.25) is 9.59 Å². The number of benzene rings is 2. The van der Waals surface area contributed by atoms with Crippen molar-refractivity contribution in [2.24, 2.45) is 0 Å². The van der Waals surface area contributed by atoms with Gasteiger partial charge in [0.15, 0.2) is 5.65 Å². The van der Waals surface area contributed by atoms with Crippen LogP contribution in [0.2, 0.25) is 0 Å². The zero-order valence-electron chi connectivity index (χ0n) is 17.2. The molecule has 2 heterocycles. The van der Waals surface area contributed by atoms with Crippen molar-refractivity contribution in [3.63, 3.8) is 0 Å². The fourth-order valence-electron chi connectivity index (χ4n) is 3.36. The topological polar surface area (TPSA) is 88.9 Å². The molecule has 0 aliphatic carbocycles. The van der Waals surface area contributed by atoms with E-state index < -0.39 is 0 Å². The van der Waals surface area contributed by atoms with Crippen LogP contribution in [0.3, 0.4) is 0 Å². The van der Waals surface area contributed by atoms with E-state index in [0.29, 0.717) is 36.2 Å². The number of aryl methyl sites for hydroxylation is 1. The highest BCUT2D eigenvalue weighted by atomic mass is 16.2. The average Bonchev–Trinajstić information content (AvgIpc) is 3.20. The van der Waals surface area contributed by atoms with E-state index in [0.717, 1.165) is 16.8 Å². The summed E-state index contributed by atoms with van der Waals surface area (Å²) in [6, 6.07) is 19.3. The Bertz CT molecular complexity index is 1220. The first kappa shape index (κ1) is 20.3. The number of hydrogen-bond acceptors (Lipinski definition) is 4. The Morgan fingerprint density at radius 1 is 0.968 bits per heavy atom. The number of carbonyl (C=O) groups excluding carboxylic acids is 2. The van der Waals surface area contributed by atoms with E-state index >= 15 is 0 Å². The monoisotopic (exact) mass is 413 g/mol. The molecule has 4 rings (SSSR count). The van der Waals surface area contributed by atoms with E-state index in [9.17, 15) is 9.59 Å². The Labute approximate surface area is 180 Å². The number of nitrogens with one attached hydrogen (secondary N) is 2. The molecule has 0 saturated carbocycles. The maximum Gasteiger partial charge on any atom is 0.257 e. The van der Waals surface area contributed by atoms with Crippen molar-refractivity contribution < 1.29 is 9.59 Å². The van der Waals surface area contributed by atoms with Crippen molar-refractivity contribution in [2.75, 3.05) is 12.4 Å². The lowest BCUT2D eigenvalue weighted by Gasteiger charge is -2.08. The Hall–Kier alpha value is -4.00. The third kappa shape index (κ3) is 4.95. The number of anilines is 1. The van der Waals surface area contributed by atoms with Crippen LogP contribution in [0.25, 0.3) is 11.2 Å². The van der Waals surface area contributed by atoms with Crippen molar-refractivity contribution in [2.45, 2.75) is 19.4 Å². The lowest BCUT2D eigenvalue weighted by Crippen LogP contribution is -2.18. The Morgan fingerprint density at radius 3 is 2.58 bits per heavy atom. The predicted octanol–water partition coefficient (Wildman–Crippen LogP) is 3.41. The first-order valence-electron chi connectivity index (χ1n) is 10.1. The molecule has 7 heteroatoms. The lowest BCUT2D eigenvalue weighted by molar-refractivity contribution is -0.120. The van der Waals surface area contributed by atoms with Gasteiger partial charge in [0, 0.05) is 25.4 Å². The first-order chi connectivity index (χ1) is 15.1. The third-order valence-corrected chi connectivity index (χ3v) is 5.02. The van der Waals surface area contributed by atoms with Crippen LogP contribution in [-0.4, -0.2) is 33.4 Å². The van der Waals surface area contributed by atoms with Crippen LogP contribution >= 0.6 is 0 Å². The second-order valence-electron chi connectivity index (χ2n) is 7.25. The van der Waals surface area contributed by atoms with Gasteiger partial charge in [0.05, 0.1) is 18.4 Å². The van der Waals surface area contributed by atoms with Gasteiger partial charge in [-0.2, -0.15) is 0 Å². The van der Waals surface area contributed by atoms with Gasteiger partial charge in [-0.05, 0) is 35.7 Å². The zero-order valence-corrected chi connectivity index (χ0v) is 17.2. The quantitative estimate of drug-likeness (QED) is 0.486. The summed E-state index contributed by atoms with van der Waals surface area (Å²) in [5, 5.41) is 5.51. The van der Waals surface area contributed by atoms with Crippen LogP contribution in [0.5, 0.6) is 0 Å². The summed E-state index contributed by atoms with van der Waals surface area (Å²) in [6.07, 6.45) is 4.31. The number of rotatable bonds is 7. The number of pyridine rings is 1. The molecule has 4 aromatic rings. The highest BCUT2D eigenvalue weighted by Gasteiger charge is 2.12. The van der Waals surface area contributed by atoms with Crippen molar-refractivity contribution >= 4 is 28.7 Å². The van der Waals surface area contributed by atoms with E-state index in [1.165, 1.54) is 0 Å². The number of imidazole rings is 1. The smallest absolute Gasteiger partial charge is 0.257 e. The highest BCUT2D eigenvalue weighted by Crippen LogP contribution is 2.17. The van der Waals surface area contributed by atoms with Gasteiger partial charge < -0.3 is 15.2 Å². The number of nitrogens with zero attached hydrogens (tertiary/aromatic N) is 3. The number of carbonyl (C=O) groups is 2. The van der Waals surface area contributed by atoms with E-state index in [1.807, 2.05) is 47.0 Å². The van der Waals surface area contributed by atoms with Gasteiger partial charge in [0.25, 0.3) is 5.91 Å². The Morgan fingerprint density at radius 2 is 1.77 bits per heavy atom. The molecule has 2 aromatic heterocycles. The van der Waals surface area contributed by atoms with Crippen molar-refractivity contribution in [1.29, 1.82) is 0 Å². The van der Waals surface area contributed by atoms with Crippen molar-refractivity contribution in [3.05, 3.63) is 89.9 Å². The first-order valence-corrected chi connectivity index (χ1v) is 10.1. The molecule has 2 aromatic carbocycles. The Balaban J connectivity index is 1.46. The molecule has 0 bridgehead atoms. The molecule has 0 atom stereocenters. The fraction of sp³-hybridized carbons (Fsp3) is 0.167. The van der Waals surface area contributed by atoms with E-state index in [1.54, 1.807) is 25.6 Å². The summed E-state index contributed by atoms with van der Waals surface area (Å²) >= 11 is 0. The van der Waals surface area contributed by atoms with Crippen molar-refractivity contribution in [3.8, 4) is 0 Å². The van der Waals surface area contributed by atoms with Crippen LogP contribution < -0.4 is 10.6 Å². The highest BCUT2D eigenvalue weighted by molar-refractivity contribution is 6.05. The van der Waals surface area contributed by atoms with Crippen LogP contribution in [0, 0.1) is 0 Å². The molecule has 2 N–H and O–H groups in total. The maximum absolute atomic E-state index is 12.7. The summed E-state index contributed by atoms with van der Waals surface area (Å²) in [5.74, 6) is -0.268. The summed E-state index contributed by atoms with van der Waals surface area (Å²) in [4.78, 5) is 33.1. The molecule has 2 amide bonds. The minimum absolute atomic E-state index is 0.0134. The van der Waals surface area contributed by atoms with Gasteiger partial charge in [0.2, 0.25) is 5.91 Å². The molecule has 0 aliphatic rings.